The van der Waals surface area contributed by atoms with Crippen molar-refractivity contribution < 1.29 is 4.79 Å². The molecule has 1 aromatic heterocycles. The van der Waals surface area contributed by atoms with E-state index < -0.39 is 0 Å². The van der Waals surface area contributed by atoms with E-state index in [0.29, 0.717) is 10.9 Å². The van der Waals surface area contributed by atoms with E-state index in [2.05, 4.69) is 9.97 Å². The Morgan fingerprint density at radius 3 is 2.63 bits per heavy atom. The molecule has 0 aliphatic carbocycles. The number of hydrogen-bond donors (Lipinski definition) is 0. The maximum absolute atomic E-state index is 12.1. The minimum Gasteiger partial charge on any atom is -0.293 e. The van der Waals surface area contributed by atoms with Crippen molar-refractivity contribution in [2.24, 2.45) is 0 Å². The van der Waals surface area contributed by atoms with Crippen LogP contribution in [0.3, 0.4) is 0 Å². The Morgan fingerprint density at radius 1 is 1.16 bits per heavy atom. The summed E-state index contributed by atoms with van der Waals surface area (Å²) >= 11 is 1.38. The smallest absolute Gasteiger partial charge is 0.188 e. The standard InChI is InChI=1S/C15H16N2OS/c1-10-4-5-13(8-11(10)2)14(18)9-19-15-16-7-6-12(3)17-15/h4-8H,9H2,1-3H3. The van der Waals surface area contributed by atoms with E-state index in [1.165, 1.54) is 17.3 Å². The van der Waals surface area contributed by atoms with Gasteiger partial charge in [-0.15, -0.1) is 0 Å². The van der Waals surface area contributed by atoms with E-state index in [1.807, 2.05) is 45.0 Å². The lowest BCUT2D eigenvalue weighted by molar-refractivity contribution is 0.102. The van der Waals surface area contributed by atoms with Gasteiger partial charge in [0.1, 0.15) is 0 Å². The summed E-state index contributed by atoms with van der Waals surface area (Å²) in [4.78, 5) is 20.5. The van der Waals surface area contributed by atoms with Crippen molar-refractivity contribution in [1.82, 2.24) is 9.97 Å². The largest absolute Gasteiger partial charge is 0.293 e. The summed E-state index contributed by atoms with van der Waals surface area (Å²) in [5.74, 6) is 0.476. The quantitative estimate of drug-likeness (QED) is 0.486. The van der Waals surface area contributed by atoms with Crippen LogP contribution < -0.4 is 0 Å². The van der Waals surface area contributed by atoms with Gasteiger partial charge in [0.2, 0.25) is 0 Å². The van der Waals surface area contributed by atoms with E-state index in [4.69, 9.17) is 0 Å². The molecule has 1 heterocycles. The molecule has 19 heavy (non-hydrogen) atoms. The Morgan fingerprint density at radius 2 is 1.95 bits per heavy atom. The van der Waals surface area contributed by atoms with E-state index in [0.717, 1.165) is 16.8 Å². The highest BCUT2D eigenvalue weighted by Gasteiger charge is 2.09. The summed E-state index contributed by atoms with van der Waals surface area (Å²) in [6.45, 7) is 5.97. The molecule has 98 valence electrons. The number of benzene rings is 1. The van der Waals surface area contributed by atoms with E-state index in [9.17, 15) is 4.79 Å². The fourth-order valence-corrected chi connectivity index (χ4v) is 2.39. The van der Waals surface area contributed by atoms with Crippen molar-refractivity contribution >= 4 is 17.5 Å². The van der Waals surface area contributed by atoms with Crippen molar-refractivity contribution in [3.05, 3.63) is 52.8 Å². The molecule has 0 spiro atoms. The molecule has 4 heteroatoms. The first-order valence-corrected chi connectivity index (χ1v) is 7.08. The number of Topliss-reactive ketones (excluding diaryl/α,β-unsaturated/α-hetero) is 1. The van der Waals surface area contributed by atoms with Crippen molar-refractivity contribution in [1.29, 1.82) is 0 Å². The van der Waals surface area contributed by atoms with Gasteiger partial charge in [-0.1, -0.05) is 23.9 Å². The van der Waals surface area contributed by atoms with E-state index in [-0.39, 0.29) is 5.78 Å². The maximum Gasteiger partial charge on any atom is 0.188 e. The number of rotatable bonds is 4. The minimum absolute atomic E-state index is 0.109. The molecule has 0 aliphatic heterocycles. The van der Waals surface area contributed by atoms with Crippen molar-refractivity contribution in [3.63, 3.8) is 0 Å². The summed E-state index contributed by atoms with van der Waals surface area (Å²) in [5, 5.41) is 0.650. The van der Waals surface area contributed by atoms with Gasteiger partial charge in [-0.25, -0.2) is 9.97 Å². The molecule has 0 atom stereocenters. The lowest BCUT2D eigenvalue weighted by Gasteiger charge is -2.04. The Balaban J connectivity index is 2.03. The van der Waals surface area contributed by atoms with Crippen LogP contribution in [0.5, 0.6) is 0 Å². The van der Waals surface area contributed by atoms with Crippen LogP contribution in [0.4, 0.5) is 0 Å². The van der Waals surface area contributed by atoms with Crippen LogP contribution in [0, 0.1) is 20.8 Å². The Labute approximate surface area is 117 Å². The zero-order chi connectivity index (χ0) is 13.8. The van der Waals surface area contributed by atoms with Crippen LogP contribution in [-0.2, 0) is 0 Å². The van der Waals surface area contributed by atoms with Gasteiger partial charge < -0.3 is 0 Å². The third-order valence-corrected chi connectivity index (χ3v) is 3.80. The van der Waals surface area contributed by atoms with Crippen LogP contribution in [0.2, 0.25) is 0 Å². The molecule has 0 aliphatic rings. The highest BCUT2D eigenvalue weighted by Crippen LogP contribution is 2.16. The summed E-state index contributed by atoms with van der Waals surface area (Å²) in [7, 11) is 0. The molecule has 0 fully saturated rings. The average molecular weight is 272 g/mol. The molecule has 2 rings (SSSR count). The van der Waals surface area contributed by atoms with Gasteiger partial charge in [-0.3, -0.25) is 4.79 Å². The maximum atomic E-state index is 12.1. The van der Waals surface area contributed by atoms with Gasteiger partial charge in [-0.05, 0) is 44.0 Å². The van der Waals surface area contributed by atoms with Gasteiger partial charge in [0.05, 0.1) is 5.75 Å². The molecule has 2 aromatic rings. The zero-order valence-corrected chi connectivity index (χ0v) is 12.1. The SMILES string of the molecule is Cc1ccnc(SCC(=O)c2ccc(C)c(C)c2)n1. The van der Waals surface area contributed by atoms with Crippen LogP contribution in [0.25, 0.3) is 0 Å². The van der Waals surface area contributed by atoms with Gasteiger partial charge in [0.15, 0.2) is 10.9 Å². The Bertz CT molecular complexity index is 611. The van der Waals surface area contributed by atoms with Crippen LogP contribution in [0.1, 0.15) is 27.2 Å². The zero-order valence-electron chi connectivity index (χ0n) is 11.3. The third kappa shape index (κ3) is 3.64. The van der Waals surface area contributed by atoms with Crippen LogP contribution >= 0.6 is 11.8 Å². The second-order valence-corrected chi connectivity index (χ2v) is 5.43. The van der Waals surface area contributed by atoms with Crippen LogP contribution in [0.15, 0.2) is 35.6 Å². The predicted molar refractivity (Wildman–Crippen MR) is 77.7 cm³/mol. The number of aryl methyl sites for hydroxylation is 3. The molecule has 0 saturated carbocycles. The van der Waals surface area contributed by atoms with Gasteiger partial charge in [-0.2, -0.15) is 0 Å². The fraction of sp³-hybridized carbons (Fsp3) is 0.267. The average Bonchev–Trinajstić information content (AvgIpc) is 2.39. The van der Waals surface area contributed by atoms with Gasteiger partial charge >= 0.3 is 0 Å². The number of carbonyl (C=O) groups excluding carboxylic acids is 1. The van der Waals surface area contributed by atoms with Crippen LogP contribution in [-0.4, -0.2) is 21.5 Å². The summed E-state index contributed by atoms with van der Waals surface area (Å²) in [6.07, 6.45) is 1.71. The van der Waals surface area contributed by atoms with Crippen molar-refractivity contribution in [2.75, 3.05) is 5.75 Å². The van der Waals surface area contributed by atoms with Crippen molar-refractivity contribution in [3.8, 4) is 0 Å². The summed E-state index contributed by atoms with van der Waals surface area (Å²) in [6, 6.07) is 7.64. The monoisotopic (exact) mass is 272 g/mol. The molecular weight excluding hydrogens is 256 g/mol. The first-order chi connectivity index (χ1) is 9.06. The molecule has 3 nitrogen and oxygen atoms in total. The predicted octanol–water partition coefficient (Wildman–Crippen LogP) is 3.38. The molecular formula is C15H16N2OS. The minimum atomic E-state index is 0.109. The molecule has 0 radical (unpaired) electrons. The Hall–Kier alpha value is -1.68. The number of hydrogen-bond acceptors (Lipinski definition) is 4. The fourth-order valence-electron chi connectivity index (χ4n) is 1.62. The lowest BCUT2D eigenvalue weighted by Crippen LogP contribution is -2.04. The molecule has 0 N–H and O–H groups in total. The number of aromatic nitrogens is 2. The third-order valence-electron chi connectivity index (χ3n) is 2.93. The number of thioether (sulfide) groups is 1. The second kappa shape index (κ2) is 5.97. The molecule has 0 bridgehead atoms. The van der Waals surface area contributed by atoms with Crippen molar-refractivity contribution in [2.45, 2.75) is 25.9 Å². The topological polar surface area (TPSA) is 42.9 Å². The normalized spacial score (nSPS) is 10.5. The molecule has 0 unspecified atom stereocenters. The lowest BCUT2D eigenvalue weighted by atomic mass is 10.0. The second-order valence-electron chi connectivity index (χ2n) is 4.49. The summed E-state index contributed by atoms with van der Waals surface area (Å²) in [5.41, 5.74) is 4.01. The summed E-state index contributed by atoms with van der Waals surface area (Å²) < 4.78 is 0. The first-order valence-electron chi connectivity index (χ1n) is 6.09. The van der Waals surface area contributed by atoms with E-state index >= 15 is 0 Å². The number of carbonyl (C=O) groups is 1. The van der Waals surface area contributed by atoms with Gasteiger partial charge in [0.25, 0.3) is 0 Å². The Kier molecular flexibility index (Phi) is 4.32. The van der Waals surface area contributed by atoms with E-state index in [1.54, 1.807) is 6.20 Å². The van der Waals surface area contributed by atoms with Gasteiger partial charge in [0, 0.05) is 17.5 Å². The molecule has 0 saturated heterocycles. The highest BCUT2D eigenvalue weighted by molar-refractivity contribution is 7.99. The highest BCUT2D eigenvalue weighted by atomic mass is 32.2. The molecule has 1 aromatic carbocycles. The number of ketones is 1. The first kappa shape index (κ1) is 13.7. The number of nitrogens with zero attached hydrogens (tertiary/aromatic N) is 2. The molecule has 0 amide bonds.